The predicted octanol–water partition coefficient (Wildman–Crippen LogP) is 3.45. The normalized spacial score (nSPS) is 11.2. The number of nitriles is 1. The number of nitrogens with zero attached hydrogens (tertiary/aromatic N) is 1. The van der Waals surface area contributed by atoms with E-state index in [1.165, 1.54) is 6.92 Å². The highest BCUT2D eigenvalue weighted by molar-refractivity contribution is 5.95. The van der Waals surface area contributed by atoms with Gasteiger partial charge < -0.3 is 10.1 Å². The zero-order valence-corrected chi connectivity index (χ0v) is 13.6. The van der Waals surface area contributed by atoms with Gasteiger partial charge in [0, 0.05) is 18.0 Å². The van der Waals surface area contributed by atoms with E-state index in [4.69, 9.17) is 10.00 Å². The Morgan fingerprint density at radius 1 is 1.17 bits per heavy atom. The lowest BCUT2D eigenvalue weighted by atomic mass is 10.1. The largest absolute Gasteiger partial charge is 0.457 e. The summed E-state index contributed by atoms with van der Waals surface area (Å²) in [5.74, 6) is 0.873. The Kier molecular flexibility index (Phi) is 5.69. The third-order valence-corrected chi connectivity index (χ3v) is 3.29. The van der Waals surface area contributed by atoms with Crippen molar-refractivity contribution in [3.8, 4) is 17.6 Å². The maximum atomic E-state index is 12.2. The topological polar surface area (TPSA) is 79.2 Å². The number of carbonyl (C=O) groups excluding carboxylic acids is 2. The molecular formula is C19H18N2O3. The molecule has 0 unspecified atom stereocenters. The van der Waals surface area contributed by atoms with Gasteiger partial charge in [0.15, 0.2) is 0 Å². The second-order valence-electron chi connectivity index (χ2n) is 5.55. The molecular weight excluding hydrogens is 304 g/mol. The Morgan fingerprint density at radius 3 is 2.50 bits per heavy atom. The molecule has 1 amide bonds. The molecule has 0 bridgehead atoms. The van der Waals surface area contributed by atoms with E-state index < -0.39 is 0 Å². The SMILES string of the molecule is CC(=O)C[C@H](C)NC(=O)c1cccc(Oc2ccc(C#N)cc2)c1. The number of hydrogen-bond donors (Lipinski definition) is 1. The summed E-state index contributed by atoms with van der Waals surface area (Å²) < 4.78 is 5.69. The minimum atomic E-state index is -0.256. The van der Waals surface area contributed by atoms with Gasteiger partial charge in [0.05, 0.1) is 11.6 Å². The fourth-order valence-corrected chi connectivity index (χ4v) is 2.22. The van der Waals surface area contributed by atoms with E-state index in [1.54, 1.807) is 55.5 Å². The van der Waals surface area contributed by atoms with E-state index in [1.807, 2.05) is 6.07 Å². The van der Waals surface area contributed by atoms with Crippen LogP contribution in [0.1, 0.15) is 36.2 Å². The lowest BCUT2D eigenvalue weighted by Gasteiger charge is -2.13. The molecule has 0 aliphatic heterocycles. The van der Waals surface area contributed by atoms with Crippen molar-refractivity contribution < 1.29 is 14.3 Å². The van der Waals surface area contributed by atoms with Crippen molar-refractivity contribution in [1.82, 2.24) is 5.32 Å². The van der Waals surface area contributed by atoms with Crippen LogP contribution in [-0.2, 0) is 4.79 Å². The molecule has 2 aromatic carbocycles. The van der Waals surface area contributed by atoms with Crippen LogP contribution in [0, 0.1) is 11.3 Å². The number of rotatable bonds is 6. The first-order chi connectivity index (χ1) is 11.5. The summed E-state index contributed by atoms with van der Waals surface area (Å²) in [6.07, 6.45) is 0.299. The molecule has 0 heterocycles. The average Bonchev–Trinajstić information content (AvgIpc) is 2.55. The highest BCUT2D eigenvalue weighted by Gasteiger charge is 2.12. The molecule has 2 aromatic rings. The van der Waals surface area contributed by atoms with Gasteiger partial charge in [-0.1, -0.05) is 6.07 Å². The van der Waals surface area contributed by atoms with Crippen LogP contribution in [0.5, 0.6) is 11.5 Å². The zero-order valence-electron chi connectivity index (χ0n) is 13.6. The van der Waals surface area contributed by atoms with Crippen LogP contribution in [0.15, 0.2) is 48.5 Å². The molecule has 1 atom stereocenters. The molecule has 2 rings (SSSR count). The molecule has 1 N–H and O–H groups in total. The second kappa shape index (κ2) is 7.93. The molecule has 0 aliphatic rings. The minimum absolute atomic E-state index is 0.0284. The number of carbonyl (C=O) groups is 2. The maximum absolute atomic E-state index is 12.2. The van der Waals surface area contributed by atoms with E-state index in [0.717, 1.165) is 0 Å². The molecule has 24 heavy (non-hydrogen) atoms. The lowest BCUT2D eigenvalue weighted by molar-refractivity contribution is -0.117. The number of ether oxygens (including phenoxy) is 1. The zero-order chi connectivity index (χ0) is 17.5. The Hall–Kier alpha value is -3.13. The Bertz CT molecular complexity index is 776. The van der Waals surface area contributed by atoms with Crippen LogP contribution in [0.3, 0.4) is 0 Å². The van der Waals surface area contributed by atoms with Crippen LogP contribution < -0.4 is 10.1 Å². The summed E-state index contributed by atoms with van der Waals surface area (Å²) in [5, 5.41) is 11.6. The van der Waals surface area contributed by atoms with Gasteiger partial charge in [-0.2, -0.15) is 5.26 Å². The van der Waals surface area contributed by atoms with Crippen LogP contribution in [-0.4, -0.2) is 17.7 Å². The van der Waals surface area contributed by atoms with Crippen LogP contribution in [0.25, 0.3) is 0 Å². The van der Waals surface area contributed by atoms with Crippen molar-refractivity contribution in [2.24, 2.45) is 0 Å². The summed E-state index contributed by atoms with van der Waals surface area (Å²) in [4.78, 5) is 23.3. The van der Waals surface area contributed by atoms with Gasteiger partial charge in [-0.3, -0.25) is 9.59 Å². The molecule has 0 aliphatic carbocycles. The summed E-state index contributed by atoms with van der Waals surface area (Å²) in [5.41, 5.74) is 1.01. The molecule has 0 saturated heterocycles. The molecule has 122 valence electrons. The third kappa shape index (κ3) is 4.96. The van der Waals surface area contributed by atoms with Crippen molar-refractivity contribution in [2.45, 2.75) is 26.3 Å². The summed E-state index contributed by atoms with van der Waals surface area (Å²) in [7, 11) is 0. The molecule has 0 spiro atoms. The number of ketones is 1. The van der Waals surface area contributed by atoms with E-state index in [9.17, 15) is 9.59 Å². The first-order valence-electron chi connectivity index (χ1n) is 7.56. The van der Waals surface area contributed by atoms with Crippen molar-refractivity contribution in [3.63, 3.8) is 0 Å². The molecule has 0 radical (unpaired) electrons. The van der Waals surface area contributed by atoms with Gasteiger partial charge in [-0.25, -0.2) is 0 Å². The van der Waals surface area contributed by atoms with Gasteiger partial charge in [0.2, 0.25) is 0 Å². The summed E-state index contributed by atoms with van der Waals surface area (Å²) in [6, 6.07) is 15.3. The fraction of sp³-hybridized carbons (Fsp3) is 0.211. The van der Waals surface area contributed by atoms with Crippen LogP contribution in [0.2, 0.25) is 0 Å². The predicted molar refractivity (Wildman–Crippen MR) is 89.9 cm³/mol. The monoisotopic (exact) mass is 322 g/mol. The summed E-state index contributed by atoms with van der Waals surface area (Å²) >= 11 is 0. The Labute approximate surface area is 140 Å². The number of hydrogen-bond acceptors (Lipinski definition) is 4. The van der Waals surface area contributed by atoms with Crippen molar-refractivity contribution in [1.29, 1.82) is 5.26 Å². The first kappa shape index (κ1) is 17.2. The maximum Gasteiger partial charge on any atom is 0.251 e. The highest BCUT2D eigenvalue weighted by atomic mass is 16.5. The van der Waals surface area contributed by atoms with E-state index in [2.05, 4.69) is 5.32 Å². The van der Waals surface area contributed by atoms with Crippen molar-refractivity contribution >= 4 is 11.7 Å². The molecule has 0 fully saturated rings. The molecule has 0 saturated carbocycles. The highest BCUT2D eigenvalue weighted by Crippen LogP contribution is 2.22. The molecule has 5 heteroatoms. The smallest absolute Gasteiger partial charge is 0.251 e. The minimum Gasteiger partial charge on any atom is -0.457 e. The third-order valence-electron chi connectivity index (χ3n) is 3.29. The number of nitrogens with one attached hydrogen (secondary N) is 1. The van der Waals surface area contributed by atoms with Gasteiger partial charge in [0.25, 0.3) is 5.91 Å². The lowest BCUT2D eigenvalue weighted by Crippen LogP contribution is -2.33. The Balaban J connectivity index is 2.06. The number of benzene rings is 2. The van der Waals surface area contributed by atoms with Crippen molar-refractivity contribution in [3.05, 3.63) is 59.7 Å². The van der Waals surface area contributed by atoms with Gasteiger partial charge in [-0.15, -0.1) is 0 Å². The number of amides is 1. The van der Waals surface area contributed by atoms with E-state index in [-0.39, 0.29) is 17.7 Å². The van der Waals surface area contributed by atoms with Gasteiger partial charge >= 0.3 is 0 Å². The van der Waals surface area contributed by atoms with Crippen LogP contribution >= 0.6 is 0 Å². The average molecular weight is 322 g/mol. The standard InChI is InChI=1S/C19H18N2O3/c1-13(10-14(2)22)21-19(23)16-4-3-5-18(11-16)24-17-8-6-15(12-20)7-9-17/h3-9,11,13H,10H2,1-2H3,(H,21,23)/t13-/m0/s1. The van der Waals surface area contributed by atoms with E-state index in [0.29, 0.717) is 29.0 Å². The summed E-state index contributed by atoms with van der Waals surface area (Å²) in [6.45, 7) is 3.28. The van der Waals surface area contributed by atoms with Crippen molar-refractivity contribution in [2.75, 3.05) is 0 Å². The number of Topliss-reactive ketones (excluding diaryl/α,β-unsaturated/α-hetero) is 1. The quantitative estimate of drug-likeness (QED) is 0.883. The molecule has 5 nitrogen and oxygen atoms in total. The van der Waals surface area contributed by atoms with E-state index >= 15 is 0 Å². The second-order valence-corrected chi connectivity index (χ2v) is 5.55. The Morgan fingerprint density at radius 2 is 1.88 bits per heavy atom. The van der Waals surface area contributed by atoms with Gasteiger partial charge in [-0.05, 0) is 56.3 Å². The van der Waals surface area contributed by atoms with Gasteiger partial charge in [0.1, 0.15) is 17.3 Å². The van der Waals surface area contributed by atoms with Crippen LogP contribution in [0.4, 0.5) is 0 Å². The fourth-order valence-electron chi connectivity index (χ4n) is 2.22. The first-order valence-corrected chi connectivity index (χ1v) is 7.56. The molecule has 0 aromatic heterocycles.